The smallest absolute Gasteiger partial charge is 0.318 e. The van der Waals surface area contributed by atoms with Crippen molar-refractivity contribution in [1.29, 1.82) is 0 Å². The van der Waals surface area contributed by atoms with E-state index in [4.69, 9.17) is 0 Å². The van der Waals surface area contributed by atoms with Crippen molar-refractivity contribution in [3.8, 4) is 0 Å². The molecule has 0 bridgehead atoms. The van der Waals surface area contributed by atoms with E-state index in [1.165, 1.54) is 5.56 Å². The van der Waals surface area contributed by atoms with Crippen molar-refractivity contribution in [1.82, 2.24) is 20.4 Å². The Morgan fingerprint density at radius 2 is 1.74 bits per heavy atom. The Morgan fingerprint density at radius 3 is 2.52 bits per heavy atom. The summed E-state index contributed by atoms with van der Waals surface area (Å²) in [5, 5.41) is 11.8. The molecule has 0 spiro atoms. The lowest BCUT2D eigenvalue weighted by Gasteiger charge is -2.41. The summed E-state index contributed by atoms with van der Waals surface area (Å²) in [7, 11) is 0. The second kappa shape index (κ2) is 8.17. The quantitative estimate of drug-likeness (QED) is 0.641. The molecular weight excluding hydrogens is 388 g/mol. The molecule has 1 aliphatic carbocycles. The van der Waals surface area contributed by atoms with Crippen LogP contribution in [0.3, 0.4) is 0 Å². The number of rotatable bonds is 6. The number of aromatic nitrogens is 2. The Labute approximate surface area is 181 Å². The van der Waals surface area contributed by atoms with Crippen molar-refractivity contribution < 1.29 is 4.79 Å². The monoisotopic (exact) mass is 416 g/mol. The van der Waals surface area contributed by atoms with Crippen molar-refractivity contribution >= 4 is 16.8 Å². The zero-order valence-electron chi connectivity index (χ0n) is 17.8. The number of carbonyl (C=O) groups is 1. The van der Waals surface area contributed by atoms with E-state index in [1.807, 2.05) is 47.4 Å². The predicted molar refractivity (Wildman–Crippen MR) is 121 cm³/mol. The number of carbonyl (C=O) groups excluding carboxylic acids is 1. The van der Waals surface area contributed by atoms with Gasteiger partial charge in [-0.3, -0.25) is 4.79 Å². The molecule has 6 heteroatoms. The first-order chi connectivity index (χ1) is 15.1. The summed E-state index contributed by atoms with van der Waals surface area (Å²) in [5.74, 6) is 0.833. The number of urea groups is 1. The number of H-pyrrole nitrogens is 1. The fourth-order valence-electron chi connectivity index (χ4n) is 5.22. The maximum atomic E-state index is 12.5. The van der Waals surface area contributed by atoms with Gasteiger partial charge in [0, 0.05) is 23.9 Å². The van der Waals surface area contributed by atoms with Gasteiger partial charge >= 0.3 is 6.03 Å². The number of nitrogens with one attached hydrogen (secondary N) is 2. The molecular formula is C25H28N4O2. The van der Waals surface area contributed by atoms with Gasteiger partial charge in [-0.15, -0.1) is 0 Å². The van der Waals surface area contributed by atoms with Crippen molar-refractivity contribution in [3.63, 3.8) is 0 Å². The standard InChI is InChI=1S/C25H28N4O2/c1-16(23-21-9-5-6-10-22(21)24(30)28-27-23)11-18-13-20(14-18)29-15-19(26-25(29)31)12-17-7-3-2-4-8-17/h2-10,16,18-20H,11-15H2,1H3,(H,26,31)(H,28,30)/t16-,18?,19-,20?/m0/s1. The van der Waals surface area contributed by atoms with Crippen LogP contribution in [0, 0.1) is 5.92 Å². The zero-order chi connectivity index (χ0) is 21.4. The second-order valence-corrected chi connectivity index (χ2v) is 9.10. The molecule has 6 nitrogen and oxygen atoms in total. The van der Waals surface area contributed by atoms with Gasteiger partial charge in [-0.1, -0.05) is 55.5 Å². The van der Waals surface area contributed by atoms with Crippen LogP contribution in [0.2, 0.25) is 0 Å². The summed E-state index contributed by atoms with van der Waals surface area (Å²) >= 11 is 0. The molecule has 160 valence electrons. The number of hydrogen-bond donors (Lipinski definition) is 2. The minimum Gasteiger partial charge on any atom is -0.333 e. The Balaban J connectivity index is 1.18. The first-order valence-electron chi connectivity index (χ1n) is 11.2. The first-order valence-corrected chi connectivity index (χ1v) is 11.2. The van der Waals surface area contributed by atoms with Gasteiger partial charge in [0.25, 0.3) is 5.56 Å². The van der Waals surface area contributed by atoms with Gasteiger partial charge in [0.1, 0.15) is 0 Å². The molecule has 1 saturated heterocycles. The van der Waals surface area contributed by atoms with E-state index in [0.29, 0.717) is 17.3 Å². The van der Waals surface area contributed by atoms with Crippen molar-refractivity contribution in [2.24, 2.45) is 5.92 Å². The number of amides is 2. The van der Waals surface area contributed by atoms with Gasteiger partial charge in [0.2, 0.25) is 0 Å². The molecule has 2 heterocycles. The minimum atomic E-state index is -0.139. The molecule has 1 aliphatic heterocycles. The van der Waals surface area contributed by atoms with Gasteiger partial charge in [0.05, 0.1) is 17.1 Å². The first kappa shape index (κ1) is 19.8. The fraction of sp³-hybridized carbons (Fsp3) is 0.400. The van der Waals surface area contributed by atoms with Gasteiger partial charge < -0.3 is 10.2 Å². The number of benzene rings is 2. The van der Waals surface area contributed by atoms with Crippen molar-refractivity contribution in [2.75, 3.05) is 6.54 Å². The summed E-state index contributed by atoms with van der Waals surface area (Å²) in [6.45, 7) is 2.96. The lowest BCUT2D eigenvalue weighted by Crippen LogP contribution is -2.46. The third-order valence-corrected chi connectivity index (χ3v) is 6.86. The number of aromatic amines is 1. The van der Waals surface area contributed by atoms with Crippen LogP contribution >= 0.6 is 0 Å². The van der Waals surface area contributed by atoms with E-state index in [2.05, 4.69) is 34.6 Å². The average molecular weight is 417 g/mol. The highest BCUT2D eigenvalue weighted by Gasteiger charge is 2.41. The van der Waals surface area contributed by atoms with Crippen LogP contribution in [0.15, 0.2) is 59.4 Å². The van der Waals surface area contributed by atoms with E-state index in [0.717, 1.165) is 43.3 Å². The molecule has 0 unspecified atom stereocenters. The highest BCUT2D eigenvalue weighted by molar-refractivity contribution is 5.83. The summed E-state index contributed by atoms with van der Waals surface area (Å²) < 4.78 is 0. The predicted octanol–water partition coefficient (Wildman–Crippen LogP) is 3.83. The van der Waals surface area contributed by atoms with Gasteiger partial charge in [0.15, 0.2) is 0 Å². The van der Waals surface area contributed by atoms with Crippen LogP contribution in [-0.2, 0) is 6.42 Å². The zero-order valence-corrected chi connectivity index (χ0v) is 17.8. The molecule has 2 N–H and O–H groups in total. The van der Waals surface area contributed by atoms with Crippen LogP contribution in [0.4, 0.5) is 4.79 Å². The van der Waals surface area contributed by atoms with E-state index >= 15 is 0 Å². The fourth-order valence-corrected chi connectivity index (χ4v) is 5.22. The van der Waals surface area contributed by atoms with Crippen LogP contribution in [0.5, 0.6) is 0 Å². The van der Waals surface area contributed by atoms with E-state index < -0.39 is 0 Å². The number of nitrogens with zero attached hydrogens (tertiary/aromatic N) is 2. The van der Waals surface area contributed by atoms with Crippen molar-refractivity contribution in [2.45, 2.75) is 50.6 Å². The highest BCUT2D eigenvalue weighted by atomic mass is 16.2. The normalized spacial score (nSPS) is 24.1. The lowest BCUT2D eigenvalue weighted by atomic mass is 9.74. The SMILES string of the molecule is C[C@@H](CC1CC(N2C[C@H](Cc3ccccc3)NC2=O)C1)c1n[nH]c(=O)c2ccccc12. The maximum Gasteiger partial charge on any atom is 0.318 e. The maximum absolute atomic E-state index is 12.5. The van der Waals surface area contributed by atoms with Gasteiger partial charge in [-0.25, -0.2) is 9.89 Å². The summed E-state index contributed by atoms with van der Waals surface area (Å²) in [6.07, 6.45) is 3.97. The molecule has 2 atom stereocenters. The molecule has 2 fully saturated rings. The molecule has 2 aromatic carbocycles. The van der Waals surface area contributed by atoms with E-state index in [-0.39, 0.29) is 23.6 Å². The van der Waals surface area contributed by atoms with Gasteiger partial charge in [-0.05, 0) is 43.2 Å². The van der Waals surface area contributed by atoms with Gasteiger partial charge in [-0.2, -0.15) is 5.10 Å². The lowest BCUT2D eigenvalue weighted by molar-refractivity contribution is 0.106. The second-order valence-electron chi connectivity index (χ2n) is 9.10. The topological polar surface area (TPSA) is 78.1 Å². The summed E-state index contributed by atoms with van der Waals surface area (Å²) in [5.41, 5.74) is 2.08. The van der Waals surface area contributed by atoms with Crippen LogP contribution in [-0.4, -0.2) is 39.8 Å². The molecule has 5 rings (SSSR count). The van der Waals surface area contributed by atoms with Crippen LogP contribution in [0.25, 0.3) is 10.8 Å². The highest BCUT2D eigenvalue weighted by Crippen LogP contribution is 2.40. The van der Waals surface area contributed by atoms with Crippen LogP contribution in [0.1, 0.15) is 43.4 Å². The van der Waals surface area contributed by atoms with E-state index in [9.17, 15) is 9.59 Å². The average Bonchev–Trinajstić information content (AvgIpc) is 3.10. The van der Waals surface area contributed by atoms with Crippen molar-refractivity contribution in [3.05, 3.63) is 76.2 Å². The molecule has 3 aromatic rings. The summed E-state index contributed by atoms with van der Waals surface area (Å²) in [6, 6.07) is 18.6. The van der Waals surface area contributed by atoms with Crippen LogP contribution < -0.4 is 10.9 Å². The molecule has 31 heavy (non-hydrogen) atoms. The minimum absolute atomic E-state index is 0.0747. The number of hydrogen-bond acceptors (Lipinski definition) is 3. The molecule has 0 radical (unpaired) electrons. The Bertz CT molecular complexity index is 1140. The molecule has 1 aromatic heterocycles. The Kier molecular flexibility index (Phi) is 5.22. The molecule has 2 amide bonds. The Morgan fingerprint density at radius 1 is 1.03 bits per heavy atom. The summed E-state index contributed by atoms with van der Waals surface area (Å²) in [4.78, 5) is 26.6. The third-order valence-electron chi connectivity index (χ3n) is 6.86. The number of fused-ring (bicyclic) bond motifs is 1. The Hall–Kier alpha value is -3.15. The molecule has 2 aliphatic rings. The van der Waals surface area contributed by atoms with E-state index in [1.54, 1.807) is 0 Å². The third kappa shape index (κ3) is 3.94. The largest absolute Gasteiger partial charge is 0.333 e. The molecule has 1 saturated carbocycles.